The topological polar surface area (TPSA) is 105 Å². The van der Waals surface area contributed by atoms with Crippen molar-refractivity contribution in [2.75, 3.05) is 0 Å². The first-order chi connectivity index (χ1) is 29.5. The van der Waals surface area contributed by atoms with Gasteiger partial charge in [0.25, 0.3) is 0 Å². The van der Waals surface area contributed by atoms with Gasteiger partial charge in [-0.25, -0.2) is 0 Å². The molecule has 332 valence electrons. The van der Waals surface area contributed by atoms with E-state index in [0.717, 1.165) is 57.4 Å². The molecule has 8 nitrogen and oxygen atoms in total. The highest BCUT2D eigenvalue weighted by Crippen LogP contribution is 2.48. The van der Waals surface area contributed by atoms with E-state index in [9.17, 15) is 45.5 Å². The minimum absolute atomic E-state index is 0. The van der Waals surface area contributed by atoms with Crippen molar-refractivity contribution in [3.05, 3.63) is 95.1 Å². The molecule has 6 aromatic rings. The summed E-state index contributed by atoms with van der Waals surface area (Å²) in [7, 11) is 0. The molecule has 0 radical (unpaired) electrons. The van der Waals surface area contributed by atoms with Gasteiger partial charge in [0.15, 0.2) is 0 Å². The lowest BCUT2D eigenvalue weighted by Gasteiger charge is -2.31. The summed E-state index contributed by atoms with van der Waals surface area (Å²) in [5.74, 6) is -3.59. The van der Waals surface area contributed by atoms with Gasteiger partial charge >= 0.3 is 36.2 Å². The molecule has 4 aromatic carbocycles. The number of thiophene rings is 2. The quantitative estimate of drug-likeness (QED) is 0.0760. The third kappa shape index (κ3) is 9.86. The first-order valence-corrected chi connectivity index (χ1v) is 21.7. The highest BCUT2D eigenvalue weighted by atomic mass is 32.1. The fraction of sp³-hybridized carbons (Fsp3) is 0.362. The molecule has 0 aliphatic heterocycles. The molecule has 2 aliphatic carbocycles. The van der Waals surface area contributed by atoms with Gasteiger partial charge in [-0.1, -0.05) is 69.8 Å². The third-order valence-electron chi connectivity index (χ3n) is 11.1. The minimum atomic E-state index is -4.80. The average Bonchev–Trinajstić information content (AvgIpc) is 3.76. The van der Waals surface area contributed by atoms with Gasteiger partial charge in [0.05, 0.1) is 9.40 Å². The monoisotopic (exact) mass is 912 g/mol. The summed E-state index contributed by atoms with van der Waals surface area (Å²) >= 11 is 3.23. The smallest absolute Gasteiger partial charge is 0.399 e. The number of alkyl halides is 6. The van der Waals surface area contributed by atoms with E-state index < -0.39 is 61.5 Å². The van der Waals surface area contributed by atoms with Gasteiger partial charge in [-0.05, 0) is 94.5 Å². The SMILES string of the molecule is C.CCC(=O)OC1CCC(OC(=O)CC)c2cc(-c3ccc4c(c3)sc3c5ccc(-c6ccc7c(c6)C(OC(=O)CC(F)(F)F)CCC7OC(=O)CC(F)(F)F)cc5sc43)ccc21. The molecular weight excluding hydrogens is 871 g/mol. The molecule has 2 aromatic heterocycles. The zero-order valence-electron chi connectivity index (χ0n) is 33.2. The highest BCUT2D eigenvalue weighted by molar-refractivity contribution is 7.36. The number of esters is 4. The normalized spacial score (nSPS) is 18.6. The number of halogens is 6. The van der Waals surface area contributed by atoms with Crippen LogP contribution < -0.4 is 0 Å². The number of hydrogen-bond donors (Lipinski definition) is 0. The summed E-state index contributed by atoms with van der Waals surface area (Å²) in [5, 5.41) is 2.06. The van der Waals surface area contributed by atoms with Crippen molar-refractivity contribution in [3.63, 3.8) is 0 Å². The molecule has 2 heterocycles. The van der Waals surface area contributed by atoms with Gasteiger partial charge in [0.1, 0.15) is 37.3 Å². The van der Waals surface area contributed by atoms with Crippen LogP contribution in [0.1, 0.15) is 119 Å². The Kier molecular flexibility index (Phi) is 13.0. The van der Waals surface area contributed by atoms with Gasteiger partial charge in [-0.2, -0.15) is 26.3 Å². The van der Waals surface area contributed by atoms with Gasteiger partial charge in [0.2, 0.25) is 0 Å². The maximum absolute atomic E-state index is 13.0. The van der Waals surface area contributed by atoms with Crippen molar-refractivity contribution < 1.29 is 64.5 Å². The molecule has 0 amide bonds. The van der Waals surface area contributed by atoms with Crippen LogP contribution in [0.15, 0.2) is 72.8 Å². The molecule has 0 saturated heterocycles. The largest absolute Gasteiger partial charge is 0.457 e. The predicted molar refractivity (Wildman–Crippen MR) is 228 cm³/mol. The van der Waals surface area contributed by atoms with Gasteiger partial charge in [0, 0.05) is 33.0 Å². The molecule has 0 saturated carbocycles. The highest BCUT2D eigenvalue weighted by Gasteiger charge is 2.39. The van der Waals surface area contributed by atoms with Crippen molar-refractivity contribution in [1.82, 2.24) is 0 Å². The van der Waals surface area contributed by atoms with Gasteiger partial charge in [-0.15, -0.1) is 22.7 Å². The number of rotatable bonds is 10. The summed E-state index contributed by atoms with van der Waals surface area (Å²) in [6.45, 7) is 3.49. The van der Waals surface area contributed by atoms with Crippen LogP contribution >= 0.6 is 22.7 Å². The van der Waals surface area contributed by atoms with Crippen LogP contribution in [0.25, 0.3) is 51.8 Å². The molecular formula is C47H42F6O8S2. The predicted octanol–water partition coefficient (Wildman–Crippen LogP) is 13.9. The van der Waals surface area contributed by atoms with Crippen molar-refractivity contribution in [3.8, 4) is 22.3 Å². The molecule has 8 rings (SSSR count). The summed E-state index contributed by atoms with van der Waals surface area (Å²) in [6.07, 6.45) is -14.9. The van der Waals surface area contributed by atoms with Crippen molar-refractivity contribution >= 4 is 76.1 Å². The Labute approximate surface area is 366 Å². The van der Waals surface area contributed by atoms with E-state index in [0.29, 0.717) is 18.4 Å². The Morgan fingerprint density at radius 3 is 1.16 bits per heavy atom. The maximum Gasteiger partial charge on any atom is 0.399 e. The Hall–Kier alpha value is -5.48. The second kappa shape index (κ2) is 17.9. The fourth-order valence-corrected chi connectivity index (χ4v) is 10.9. The van der Waals surface area contributed by atoms with Crippen LogP contribution in [0.3, 0.4) is 0 Å². The standard InChI is InChI=1S/C46H38F6O8S2.CH4/c1-3-39(53)57-33-13-15-35(58-40(54)4-2)31-17-23(5-9-27(31)33)25-7-11-29-37(19-25)61-44-30-12-8-26(20-38(30)62-43(29)44)24-6-10-28-32(18-24)36(60-42(56)22-46(50,51)52)16-14-34(28)59-41(55)21-45(47,48)49;/h5-12,17-20,33-36H,3-4,13-16,21-22H2,1-2H3;1H4. The first-order valence-electron chi connectivity index (χ1n) is 20.1. The fourth-order valence-electron chi connectivity index (χ4n) is 8.20. The van der Waals surface area contributed by atoms with Crippen LogP contribution in [0.2, 0.25) is 0 Å². The lowest BCUT2D eigenvalue weighted by molar-refractivity contribution is -0.181. The molecule has 0 bridgehead atoms. The number of carbonyl (C=O) groups excluding carboxylic acids is 4. The molecule has 0 fully saturated rings. The van der Waals surface area contributed by atoms with Gasteiger partial charge < -0.3 is 18.9 Å². The van der Waals surface area contributed by atoms with Gasteiger partial charge in [-0.3, -0.25) is 19.2 Å². The number of fused-ring (bicyclic) bond motifs is 7. The van der Waals surface area contributed by atoms with E-state index in [1.807, 2.05) is 42.5 Å². The number of ether oxygens (including phenoxy) is 4. The number of hydrogen-bond acceptors (Lipinski definition) is 10. The number of benzene rings is 4. The van der Waals surface area contributed by atoms with Crippen LogP contribution in [-0.2, 0) is 38.1 Å². The second-order valence-electron chi connectivity index (χ2n) is 15.3. The molecule has 16 heteroatoms. The molecule has 2 aliphatic rings. The van der Waals surface area contributed by atoms with E-state index in [4.69, 9.17) is 18.9 Å². The number of carbonyl (C=O) groups is 4. The summed E-state index contributed by atoms with van der Waals surface area (Å²) in [6, 6.07) is 22.9. The molecule has 63 heavy (non-hydrogen) atoms. The second-order valence-corrected chi connectivity index (χ2v) is 17.4. The van der Waals surface area contributed by atoms with Crippen LogP contribution in [0.5, 0.6) is 0 Å². The Bertz CT molecular complexity index is 2730. The van der Waals surface area contributed by atoms with Crippen molar-refractivity contribution in [1.29, 1.82) is 0 Å². The van der Waals surface area contributed by atoms with Crippen molar-refractivity contribution in [2.45, 2.75) is 109 Å². The zero-order valence-corrected chi connectivity index (χ0v) is 34.9. The van der Waals surface area contributed by atoms with Crippen LogP contribution in [0.4, 0.5) is 26.3 Å². The Balaban J connectivity index is 0.00000595. The minimum Gasteiger partial charge on any atom is -0.457 e. The molecule has 0 N–H and O–H groups in total. The lowest BCUT2D eigenvalue weighted by Crippen LogP contribution is -2.26. The van der Waals surface area contributed by atoms with Crippen LogP contribution in [-0.4, -0.2) is 36.2 Å². The molecule has 4 atom stereocenters. The summed E-state index contributed by atoms with van der Waals surface area (Å²) in [5.41, 5.74) is 5.38. The van der Waals surface area contributed by atoms with E-state index >= 15 is 0 Å². The Morgan fingerprint density at radius 2 is 0.810 bits per heavy atom. The lowest BCUT2D eigenvalue weighted by atomic mass is 9.85. The van der Waals surface area contributed by atoms with Crippen molar-refractivity contribution in [2.24, 2.45) is 0 Å². The van der Waals surface area contributed by atoms with E-state index in [1.54, 1.807) is 54.7 Å². The summed E-state index contributed by atoms with van der Waals surface area (Å²) in [4.78, 5) is 49.0. The van der Waals surface area contributed by atoms with E-state index in [1.165, 1.54) is 0 Å². The summed E-state index contributed by atoms with van der Waals surface area (Å²) < 4.78 is 104. The molecule has 4 unspecified atom stereocenters. The van der Waals surface area contributed by atoms with Crippen LogP contribution in [0, 0.1) is 0 Å². The maximum atomic E-state index is 13.0. The third-order valence-corrected chi connectivity index (χ3v) is 13.6. The Morgan fingerprint density at radius 1 is 0.492 bits per heavy atom. The van der Waals surface area contributed by atoms with E-state index in [2.05, 4.69) is 12.1 Å². The zero-order chi connectivity index (χ0) is 44.1. The average molecular weight is 913 g/mol. The first kappa shape index (κ1) is 45.5. The van der Waals surface area contributed by atoms with E-state index in [-0.39, 0.29) is 56.2 Å². The molecule has 0 spiro atoms.